The SMILES string of the molecule is Cc1ccc(NC(=S)Nc2ccc(S(N)(=O)=O)cc2)cc1I. The van der Waals surface area contributed by atoms with Crippen molar-refractivity contribution in [1.82, 2.24) is 0 Å². The number of anilines is 2. The molecule has 0 aliphatic carbocycles. The Morgan fingerprint density at radius 3 is 2.18 bits per heavy atom. The first-order valence-electron chi connectivity index (χ1n) is 6.23. The normalized spacial score (nSPS) is 11.0. The van der Waals surface area contributed by atoms with E-state index >= 15 is 0 Å². The van der Waals surface area contributed by atoms with Crippen LogP contribution in [0.25, 0.3) is 0 Å². The van der Waals surface area contributed by atoms with E-state index in [1.807, 2.05) is 25.1 Å². The van der Waals surface area contributed by atoms with E-state index in [-0.39, 0.29) is 4.90 Å². The molecule has 22 heavy (non-hydrogen) atoms. The fraction of sp³-hybridized carbons (Fsp3) is 0.0714. The average molecular weight is 447 g/mol. The van der Waals surface area contributed by atoms with Gasteiger partial charge in [0, 0.05) is 14.9 Å². The monoisotopic (exact) mass is 447 g/mol. The van der Waals surface area contributed by atoms with Crippen molar-refractivity contribution in [2.45, 2.75) is 11.8 Å². The minimum Gasteiger partial charge on any atom is -0.332 e. The Balaban J connectivity index is 2.04. The van der Waals surface area contributed by atoms with Crippen molar-refractivity contribution in [1.29, 1.82) is 0 Å². The zero-order valence-electron chi connectivity index (χ0n) is 11.6. The molecular weight excluding hydrogens is 433 g/mol. The average Bonchev–Trinajstić information content (AvgIpc) is 2.42. The molecule has 0 atom stereocenters. The van der Waals surface area contributed by atoms with Crippen molar-refractivity contribution in [3.05, 3.63) is 51.6 Å². The van der Waals surface area contributed by atoms with Crippen LogP contribution in [-0.2, 0) is 10.0 Å². The van der Waals surface area contributed by atoms with Gasteiger partial charge in [-0.1, -0.05) is 6.07 Å². The molecule has 0 fully saturated rings. The first-order chi connectivity index (χ1) is 10.3. The van der Waals surface area contributed by atoms with E-state index in [1.165, 1.54) is 17.7 Å². The highest BCUT2D eigenvalue weighted by Crippen LogP contribution is 2.18. The number of aryl methyl sites for hydroxylation is 1. The quantitative estimate of drug-likeness (QED) is 0.498. The Morgan fingerprint density at radius 1 is 1.09 bits per heavy atom. The maximum absolute atomic E-state index is 11.2. The standard InChI is InChI=1S/C14H14IN3O2S2/c1-9-2-3-11(8-13(9)15)18-14(21)17-10-4-6-12(7-5-10)22(16,19)20/h2-8H,1H3,(H2,16,19,20)(H2,17,18,21). The summed E-state index contributed by atoms with van der Waals surface area (Å²) in [6, 6.07) is 12.0. The maximum atomic E-state index is 11.2. The largest absolute Gasteiger partial charge is 0.332 e. The number of hydrogen-bond donors (Lipinski definition) is 3. The van der Waals surface area contributed by atoms with Gasteiger partial charge in [0.2, 0.25) is 10.0 Å². The summed E-state index contributed by atoms with van der Waals surface area (Å²) in [6.45, 7) is 2.04. The number of nitrogens with two attached hydrogens (primary N) is 1. The molecule has 0 aliphatic heterocycles. The molecule has 0 saturated carbocycles. The molecule has 2 rings (SSSR count). The topological polar surface area (TPSA) is 84.2 Å². The minimum atomic E-state index is -3.68. The van der Waals surface area contributed by atoms with Crippen molar-refractivity contribution in [3.8, 4) is 0 Å². The van der Waals surface area contributed by atoms with Crippen LogP contribution in [0.2, 0.25) is 0 Å². The Hall–Kier alpha value is -1.23. The fourth-order valence-electron chi connectivity index (χ4n) is 1.69. The molecule has 0 spiro atoms. The van der Waals surface area contributed by atoms with E-state index in [0.717, 1.165) is 9.26 Å². The predicted octanol–water partition coefficient (Wildman–Crippen LogP) is 3.06. The van der Waals surface area contributed by atoms with E-state index in [4.69, 9.17) is 17.4 Å². The van der Waals surface area contributed by atoms with Gasteiger partial charge in [-0.2, -0.15) is 0 Å². The molecule has 0 amide bonds. The van der Waals surface area contributed by atoms with Gasteiger partial charge < -0.3 is 10.6 Å². The smallest absolute Gasteiger partial charge is 0.238 e. The number of nitrogens with one attached hydrogen (secondary N) is 2. The molecule has 116 valence electrons. The molecule has 0 unspecified atom stereocenters. The second kappa shape index (κ2) is 6.90. The van der Waals surface area contributed by atoms with Crippen molar-refractivity contribution < 1.29 is 8.42 Å². The molecule has 0 saturated heterocycles. The number of rotatable bonds is 3. The summed E-state index contributed by atoms with van der Waals surface area (Å²) < 4.78 is 23.5. The molecule has 8 heteroatoms. The van der Waals surface area contributed by atoms with Crippen LogP contribution in [0, 0.1) is 10.5 Å². The summed E-state index contributed by atoms with van der Waals surface area (Å²) in [5.41, 5.74) is 2.75. The minimum absolute atomic E-state index is 0.0602. The summed E-state index contributed by atoms with van der Waals surface area (Å²) in [5, 5.41) is 11.5. The van der Waals surface area contributed by atoms with Crippen LogP contribution in [0.4, 0.5) is 11.4 Å². The number of halogens is 1. The summed E-state index contributed by atoms with van der Waals surface area (Å²) >= 11 is 7.49. The maximum Gasteiger partial charge on any atom is 0.238 e. The zero-order valence-corrected chi connectivity index (χ0v) is 15.4. The first-order valence-corrected chi connectivity index (χ1v) is 9.26. The van der Waals surface area contributed by atoms with Gasteiger partial charge in [0.05, 0.1) is 4.90 Å². The van der Waals surface area contributed by atoms with Crippen LogP contribution in [0.1, 0.15) is 5.56 Å². The molecule has 2 aromatic rings. The second-order valence-electron chi connectivity index (χ2n) is 4.61. The Labute approximate surface area is 148 Å². The predicted molar refractivity (Wildman–Crippen MR) is 102 cm³/mol. The van der Waals surface area contributed by atoms with Gasteiger partial charge in [-0.3, -0.25) is 0 Å². The van der Waals surface area contributed by atoms with Crippen LogP contribution in [0.15, 0.2) is 47.4 Å². The third-order valence-electron chi connectivity index (χ3n) is 2.87. The van der Waals surface area contributed by atoms with Gasteiger partial charge in [-0.05, 0) is 83.7 Å². The molecule has 0 aromatic heterocycles. The summed E-state index contributed by atoms with van der Waals surface area (Å²) in [5.74, 6) is 0. The molecule has 2 aromatic carbocycles. The molecule has 4 N–H and O–H groups in total. The molecular formula is C14H14IN3O2S2. The first kappa shape index (κ1) is 17.1. The lowest BCUT2D eigenvalue weighted by Gasteiger charge is -2.11. The fourth-order valence-corrected chi connectivity index (χ4v) is 2.96. The number of hydrogen-bond acceptors (Lipinski definition) is 3. The van der Waals surface area contributed by atoms with E-state index in [9.17, 15) is 8.42 Å². The number of sulfonamides is 1. The van der Waals surface area contributed by atoms with Crippen LogP contribution in [0.5, 0.6) is 0 Å². The van der Waals surface area contributed by atoms with Crippen LogP contribution >= 0.6 is 34.8 Å². The van der Waals surface area contributed by atoms with Gasteiger partial charge in [0.1, 0.15) is 0 Å². The van der Waals surface area contributed by atoms with Gasteiger partial charge >= 0.3 is 0 Å². The Bertz CT molecular complexity index is 805. The molecule has 0 heterocycles. The highest BCUT2D eigenvalue weighted by molar-refractivity contribution is 14.1. The highest BCUT2D eigenvalue weighted by Gasteiger charge is 2.07. The van der Waals surface area contributed by atoms with E-state index in [0.29, 0.717) is 10.8 Å². The van der Waals surface area contributed by atoms with Crippen LogP contribution in [-0.4, -0.2) is 13.5 Å². The third-order valence-corrected chi connectivity index (χ3v) is 5.17. The van der Waals surface area contributed by atoms with Crippen LogP contribution in [0.3, 0.4) is 0 Å². The van der Waals surface area contributed by atoms with Crippen LogP contribution < -0.4 is 15.8 Å². The van der Waals surface area contributed by atoms with E-state index < -0.39 is 10.0 Å². The lowest BCUT2D eigenvalue weighted by atomic mass is 10.2. The van der Waals surface area contributed by atoms with Gasteiger partial charge in [0.15, 0.2) is 5.11 Å². The van der Waals surface area contributed by atoms with Crippen molar-refractivity contribution >= 4 is 61.3 Å². The lowest BCUT2D eigenvalue weighted by molar-refractivity contribution is 0.598. The summed E-state index contributed by atoms with van der Waals surface area (Å²) in [6.07, 6.45) is 0. The molecule has 0 aliphatic rings. The number of benzene rings is 2. The van der Waals surface area contributed by atoms with E-state index in [2.05, 4.69) is 33.2 Å². The second-order valence-corrected chi connectivity index (χ2v) is 7.74. The Morgan fingerprint density at radius 2 is 1.64 bits per heavy atom. The van der Waals surface area contributed by atoms with E-state index in [1.54, 1.807) is 12.1 Å². The highest BCUT2D eigenvalue weighted by atomic mass is 127. The van der Waals surface area contributed by atoms with Crippen molar-refractivity contribution in [2.75, 3.05) is 10.6 Å². The summed E-state index contributed by atoms with van der Waals surface area (Å²) in [4.78, 5) is 0.0602. The third kappa shape index (κ3) is 4.63. The molecule has 0 bridgehead atoms. The van der Waals surface area contributed by atoms with Crippen molar-refractivity contribution in [3.63, 3.8) is 0 Å². The van der Waals surface area contributed by atoms with Gasteiger partial charge in [-0.25, -0.2) is 13.6 Å². The Kier molecular flexibility index (Phi) is 5.37. The molecule has 0 radical (unpaired) electrons. The molecule has 5 nitrogen and oxygen atoms in total. The lowest BCUT2D eigenvalue weighted by Crippen LogP contribution is -2.19. The van der Waals surface area contributed by atoms with Gasteiger partial charge in [0.25, 0.3) is 0 Å². The number of thiocarbonyl (C=S) groups is 1. The summed E-state index contributed by atoms with van der Waals surface area (Å²) in [7, 11) is -3.68. The van der Waals surface area contributed by atoms with Gasteiger partial charge in [-0.15, -0.1) is 0 Å². The zero-order chi connectivity index (χ0) is 16.3. The number of primary sulfonamides is 1. The van der Waals surface area contributed by atoms with Crippen molar-refractivity contribution in [2.24, 2.45) is 5.14 Å².